The number of aliphatic hydroxyl groups is 4. The summed E-state index contributed by atoms with van der Waals surface area (Å²) in [7, 11) is 0. The van der Waals surface area contributed by atoms with Gasteiger partial charge in [0.1, 0.15) is 23.3 Å². The third-order valence-electron chi connectivity index (χ3n) is 12.9. The monoisotopic (exact) mass is 997 g/mol. The lowest BCUT2D eigenvalue weighted by molar-refractivity contribution is 0.164. The molecule has 0 aromatic heterocycles. The van der Waals surface area contributed by atoms with Gasteiger partial charge in [-0.25, -0.2) is 17.6 Å². The zero-order valence-electron chi connectivity index (χ0n) is 42.8. The Hall–Kier alpha value is -5.40. The Bertz CT molecular complexity index is 2050. The highest BCUT2D eigenvalue weighted by Crippen LogP contribution is 2.29. The summed E-state index contributed by atoms with van der Waals surface area (Å²) in [6, 6.07) is 19.3. The molecule has 0 saturated heterocycles. The van der Waals surface area contributed by atoms with Gasteiger partial charge in [-0.1, -0.05) is 102 Å². The van der Waals surface area contributed by atoms with Crippen molar-refractivity contribution in [1.82, 2.24) is 0 Å². The second-order valence-electron chi connectivity index (χ2n) is 19.5. The highest BCUT2D eigenvalue weighted by Gasteiger charge is 2.24. The van der Waals surface area contributed by atoms with Crippen LogP contribution in [0.5, 0.6) is 0 Å². The van der Waals surface area contributed by atoms with Gasteiger partial charge in [0.15, 0.2) is 0 Å². The number of aliphatic hydroxyl groups excluding tert-OH is 4. The van der Waals surface area contributed by atoms with Gasteiger partial charge in [-0.3, -0.25) is 0 Å². The molecule has 392 valence electrons. The van der Waals surface area contributed by atoms with Crippen molar-refractivity contribution in [2.24, 2.45) is 0 Å². The Morgan fingerprint density at radius 3 is 0.778 bits per heavy atom. The van der Waals surface area contributed by atoms with Gasteiger partial charge < -0.3 is 41.7 Å². The maximum atomic E-state index is 13.2. The van der Waals surface area contributed by atoms with Crippen LogP contribution >= 0.6 is 0 Å². The van der Waals surface area contributed by atoms with Crippen molar-refractivity contribution in [3.63, 3.8) is 0 Å². The molecule has 0 saturated carbocycles. The van der Waals surface area contributed by atoms with E-state index < -0.39 is 24.4 Å². The van der Waals surface area contributed by atoms with Crippen molar-refractivity contribution in [3.8, 4) is 0 Å². The molecule has 12 heteroatoms. The summed E-state index contributed by atoms with van der Waals surface area (Å²) >= 11 is 0. The van der Waals surface area contributed by atoms with Crippen LogP contribution in [0.25, 0.3) is 0 Å². The minimum Gasteiger partial charge on any atom is -0.393 e. The minimum atomic E-state index is -0.420. The van der Waals surface area contributed by atoms with Gasteiger partial charge in [0.2, 0.25) is 0 Å². The number of rotatable bonds is 12. The van der Waals surface area contributed by atoms with Crippen molar-refractivity contribution in [2.75, 3.05) is 21.3 Å². The number of nitrogens with one attached hydrogen (secondary N) is 4. The number of anilines is 4. The first-order valence-corrected chi connectivity index (χ1v) is 26.3. The van der Waals surface area contributed by atoms with Crippen LogP contribution in [0.15, 0.2) is 121 Å². The standard InChI is InChI=1S/4C15H20FNO/c4*1-2-3-4-5-13-10-14(18)9-11-8-12(16)6-7-15(11)17-13/h4*4-8,13-14,17-18H,2-3,9-10H2,1H3/b4*5-4+/t4*13-,14-/m1110/s1. The summed E-state index contributed by atoms with van der Waals surface area (Å²) in [6.45, 7) is 8.55. The average molecular weight is 997 g/mol. The van der Waals surface area contributed by atoms with Gasteiger partial charge >= 0.3 is 0 Å². The molecule has 72 heavy (non-hydrogen) atoms. The summed E-state index contributed by atoms with van der Waals surface area (Å²) in [5, 5.41) is 53.3. The summed E-state index contributed by atoms with van der Waals surface area (Å²) in [5.74, 6) is -0.990. The van der Waals surface area contributed by atoms with Crippen LogP contribution < -0.4 is 21.3 Å². The molecule has 4 heterocycles. The van der Waals surface area contributed by atoms with E-state index in [2.05, 4.69) is 97.6 Å². The van der Waals surface area contributed by atoms with Gasteiger partial charge in [0, 0.05) is 72.6 Å². The molecule has 4 aromatic carbocycles. The third kappa shape index (κ3) is 19.9. The molecule has 4 aliphatic rings. The molecular formula is C60H80F4N4O4. The van der Waals surface area contributed by atoms with Crippen LogP contribution in [0.2, 0.25) is 0 Å². The van der Waals surface area contributed by atoms with Crippen molar-refractivity contribution >= 4 is 22.7 Å². The van der Waals surface area contributed by atoms with Crippen LogP contribution in [0.3, 0.4) is 0 Å². The van der Waals surface area contributed by atoms with Crippen molar-refractivity contribution in [3.05, 3.63) is 167 Å². The third-order valence-corrected chi connectivity index (χ3v) is 12.9. The first kappa shape index (κ1) is 57.5. The van der Waals surface area contributed by atoms with E-state index in [0.717, 1.165) is 96.4 Å². The van der Waals surface area contributed by atoms with Crippen molar-refractivity contribution < 1.29 is 38.0 Å². The molecular weight excluding hydrogens is 917 g/mol. The summed E-state index contributed by atoms with van der Waals surface area (Å²) in [4.78, 5) is 0. The molecule has 8 atom stereocenters. The van der Waals surface area contributed by atoms with Crippen molar-refractivity contribution in [2.45, 2.75) is 179 Å². The molecule has 8 rings (SSSR count). The normalized spacial score (nSPS) is 23.5. The van der Waals surface area contributed by atoms with Gasteiger partial charge in [-0.05, 0) is 146 Å². The number of fused-ring (bicyclic) bond motifs is 4. The quantitative estimate of drug-likeness (QED) is 0.0521. The maximum Gasteiger partial charge on any atom is 0.123 e. The Kier molecular flexibility index (Phi) is 24.4. The molecule has 0 spiro atoms. The van der Waals surface area contributed by atoms with Crippen molar-refractivity contribution in [1.29, 1.82) is 0 Å². The molecule has 0 radical (unpaired) electrons. The molecule has 0 bridgehead atoms. The second kappa shape index (κ2) is 30.6. The number of benzene rings is 4. The number of allylic oxidation sites excluding steroid dienone is 4. The first-order valence-electron chi connectivity index (χ1n) is 26.3. The molecule has 0 fully saturated rings. The van der Waals surface area contributed by atoms with Gasteiger partial charge in [-0.15, -0.1) is 0 Å². The maximum absolute atomic E-state index is 13.2. The van der Waals surface area contributed by atoms with E-state index in [1.54, 1.807) is 24.3 Å². The Labute approximate surface area is 426 Å². The minimum absolute atomic E-state index is 0.123. The fraction of sp³-hybridized carbons (Fsp3) is 0.467. The van der Waals surface area contributed by atoms with Crippen LogP contribution in [0.1, 0.15) is 127 Å². The highest BCUT2D eigenvalue weighted by atomic mass is 19.1. The average Bonchev–Trinajstić information content (AvgIpc) is 3.75. The fourth-order valence-corrected chi connectivity index (χ4v) is 9.26. The first-order chi connectivity index (χ1) is 34.7. The van der Waals surface area contributed by atoms with E-state index >= 15 is 0 Å². The molecule has 8 nitrogen and oxygen atoms in total. The molecule has 0 amide bonds. The summed E-state index contributed by atoms with van der Waals surface area (Å²) in [6.07, 6.45) is 28.6. The van der Waals surface area contributed by atoms with E-state index in [-0.39, 0.29) is 47.4 Å². The number of halogens is 4. The van der Waals surface area contributed by atoms with Crippen LogP contribution in [-0.2, 0) is 25.7 Å². The van der Waals surface area contributed by atoms with Gasteiger partial charge in [0.05, 0.1) is 24.4 Å². The van der Waals surface area contributed by atoms with E-state index in [1.807, 2.05) is 0 Å². The highest BCUT2D eigenvalue weighted by molar-refractivity contribution is 5.57. The Balaban J connectivity index is 0.000000178. The smallest absolute Gasteiger partial charge is 0.123 e. The van der Waals surface area contributed by atoms with E-state index in [9.17, 15) is 38.0 Å². The van der Waals surface area contributed by atoms with E-state index in [0.29, 0.717) is 51.4 Å². The van der Waals surface area contributed by atoms with Gasteiger partial charge in [-0.2, -0.15) is 0 Å². The predicted molar refractivity (Wildman–Crippen MR) is 289 cm³/mol. The van der Waals surface area contributed by atoms with Gasteiger partial charge in [0.25, 0.3) is 0 Å². The zero-order valence-corrected chi connectivity index (χ0v) is 42.8. The molecule has 8 N–H and O–H groups in total. The Morgan fingerprint density at radius 1 is 0.375 bits per heavy atom. The lowest BCUT2D eigenvalue weighted by Crippen LogP contribution is -2.21. The number of hydrogen-bond donors (Lipinski definition) is 8. The fourth-order valence-electron chi connectivity index (χ4n) is 9.26. The molecule has 4 aromatic rings. The van der Waals surface area contributed by atoms with Crippen LogP contribution in [0, 0.1) is 23.3 Å². The SMILES string of the molecule is CCC/C=C/[C@@H]1C[C@H](O)Cc2cc(F)ccc2N1.CCC/C=C/[C@@H]1C[C@H](O)Cc2cc(F)ccc2N1.CCC/C=C/[C@@H]1C[C@H](O)Cc2cc(F)ccc2N1.CCC/C=C/[C@H]1C[C@@H](O)Cc2cc(F)ccc2N1. The summed E-state index contributed by atoms with van der Waals surface area (Å²) in [5.41, 5.74) is 7.14. The topological polar surface area (TPSA) is 129 Å². The lowest BCUT2D eigenvalue weighted by atomic mass is 10.0. The molecule has 4 aliphatic heterocycles. The second-order valence-corrected chi connectivity index (χ2v) is 19.5. The Morgan fingerprint density at radius 2 is 0.583 bits per heavy atom. The van der Waals surface area contributed by atoms with Crippen LogP contribution in [-0.4, -0.2) is 69.0 Å². The number of unbranched alkanes of at least 4 members (excludes halogenated alkanes) is 4. The van der Waals surface area contributed by atoms with E-state index in [4.69, 9.17) is 0 Å². The zero-order chi connectivity index (χ0) is 51.8. The molecule has 0 aliphatic carbocycles. The number of hydrogen-bond acceptors (Lipinski definition) is 8. The van der Waals surface area contributed by atoms with E-state index in [1.165, 1.54) is 48.5 Å². The predicted octanol–water partition coefficient (Wildman–Crippen LogP) is 13.1. The van der Waals surface area contributed by atoms with Crippen LogP contribution in [0.4, 0.5) is 40.3 Å². The summed E-state index contributed by atoms with van der Waals surface area (Å²) < 4.78 is 52.7. The molecule has 0 unspecified atom stereocenters. The largest absolute Gasteiger partial charge is 0.393 e. The lowest BCUT2D eigenvalue weighted by Gasteiger charge is -2.15.